The van der Waals surface area contributed by atoms with Crippen molar-refractivity contribution in [2.75, 3.05) is 38.7 Å². The molecule has 0 fully saturated rings. The first-order chi connectivity index (χ1) is 14.3. The molecule has 0 aliphatic rings. The van der Waals surface area contributed by atoms with Crippen LogP contribution in [0.25, 0.3) is 0 Å². The number of anilines is 1. The molecule has 0 unspecified atom stereocenters. The van der Waals surface area contributed by atoms with E-state index in [1.54, 1.807) is 19.9 Å². The first kappa shape index (κ1) is 23.8. The van der Waals surface area contributed by atoms with Gasteiger partial charge in [-0.1, -0.05) is 11.6 Å². The van der Waals surface area contributed by atoms with Crippen molar-refractivity contribution < 1.29 is 28.2 Å². The van der Waals surface area contributed by atoms with Gasteiger partial charge in [-0.3, -0.25) is 14.4 Å². The Bertz CT molecular complexity index is 934. The van der Waals surface area contributed by atoms with E-state index in [2.05, 4.69) is 5.32 Å². The summed E-state index contributed by atoms with van der Waals surface area (Å²) in [5.41, 5.74) is 0.748. The van der Waals surface area contributed by atoms with Crippen LogP contribution in [0.2, 0.25) is 5.02 Å². The van der Waals surface area contributed by atoms with Gasteiger partial charge in [-0.05, 0) is 43.7 Å². The maximum absolute atomic E-state index is 13.2. The van der Waals surface area contributed by atoms with Crippen molar-refractivity contribution in [1.29, 1.82) is 0 Å². The highest BCUT2D eigenvalue weighted by molar-refractivity contribution is 7.18. The largest absolute Gasteiger partial charge is 0.465 e. The summed E-state index contributed by atoms with van der Waals surface area (Å²) >= 11 is 7.00. The number of ether oxygens (including phenoxy) is 2. The molecule has 0 saturated heterocycles. The lowest BCUT2D eigenvalue weighted by Gasteiger charge is -2.21. The number of carbonyl (C=O) groups is 3. The van der Waals surface area contributed by atoms with E-state index in [-0.39, 0.29) is 42.8 Å². The molecule has 1 N–H and O–H groups in total. The van der Waals surface area contributed by atoms with Gasteiger partial charge < -0.3 is 19.7 Å². The number of methoxy groups -OCH3 is 1. The van der Waals surface area contributed by atoms with Gasteiger partial charge in [0.25, 0.3) is 11.8 Å². The zero-order chi connectivity index (χ0) is 22.3. The lowest BCUT2D eigenvalue weighted by Crippen LogP contribution is -2.38. The van der Waals surface area contributed by atoms with Gasteiger partial charge in [0.05, 0.1) is 33.7 Å². The molecule has 10 heteroatoms. The summed E-state index contributed by atoms with van der Waals surface area (Å²) in [6.07, 6.45) is 0. The first-order valence-corrected chi connectivity index (χ1v) is 10.3. The summed E-state index contributed by atoms with van der Waals surface area (Å²) in [6.45, 7) is 3.88. The van der Waals surface area contributed by atoms with Crippen LogP contribution >= 0.6 is 22.9 Å². The van der Waals surface area contributed by atoms with Gasteiger partial charge in [-0.15, -0.1) is 11.3 Å². The minimum absolute atomic E-state index is 0.0164. The number of nitrogens with one attached hydrogen (secondary N) is 1. The Morgan fingerprint density at radius 3 is 2.63 bits per heavy atom. The monoisotopic (exact) mass is 456 g/mol. The molecule has 2 rings (SSSR count). The van der Waals surface area contributed by atoms with Crippen molar-refractivity contribution in [1.82, 2.24) is 4.90 Å². The maximum atomic E-state index is 13.2. The molecule has 1 aromatic carbocycles. The first-order valence-electron chi connectivity index (χ1n) is 9.07. The van der Waals surface area contributed by atoms with Crippen LogP contribution in [0.15, 0.2) is 24.3 Å². The lowest BCUT2D eigenvalue weighted by molar-refractivity contribution is -0.143. The number of esters is 1. The van der Waals surface area contributed by atoms with Crippen molar-refractivity contribution in [2.24, 2.45) is 0 Å². The Kier molecular flexibility index (Phi) is 8.76. The third-order valence-electron chi connectivity index (χ3n) is 4.00. The molecule has 2 amide bonds. The highest BCUT2D eigenvalue weighted by Gasteiger charge is 2.24. The van der Waals surface area contributed by atoms with Crippen LogP contribution < -0.4 is 5.32 Å². The van der Waals surface area contributed by atoms with Gasteiger partial charge in [0.2, 0.25) is 0 Å². The molecular weight excluding hydrogens is 435 g/mol. The van der Waals surface area contributed by atoms with Crippen LogP contribution in [0.5, 0.6) is 0 Å². The summed E-state index contributed by atoms with van der Waals surface area (Å²) < 4.78 is 23.1. The second kappa shape index (κ2) is 11.1. The van der Waals surface area contributed by atoms with E-state index >= 15 is 0 Å². The van der Waals surface area contributed by atoms with Crippen molar-refractivity contribution in [3.8, 4) is 0 Å². The second-order valence-electron chi connectivity index (χ2n) is 6.23. The van der Waals surface area contributed by atoms with Crippen molar-refractivity contribution in [3.05, 3.63) is 51.1 Å². The van der Waals surface area contributed by atoms with E-state index in [1.165, 1.54) is 18.1 Å². The molecule has 0 spiro atoms. The van der Waals surface area contributed by atoms with Crippen LogP contribution in [-0.2, 0) is 14.3 Å². The highest BCUT2D eigenvalue weighted by Crippen LogP contribution is 2.29. The zero-order valence-electron chi connectivity index (χ0n) is 16.8. The standard InChI is InChI=1S/C20H22ClFN2O5S/c1-4-29-17(25)11-24(7-8-28-3)20(27)18-12(2)9-16(30-18)23-19(26)14-6-5-13(22)10-15(14)21/h5-6,9-10H,4,7-8,11H2,1-3H3,(H,23,26). The predicted molar refractivity (Wildman–Crippen MR) is 113 cm³/mol. The van der Waals surface area contributed by atoms with Gasteiger partial charge >= 0.3 is 5.97 Å². The summed E-state index contributed by atoms with van der Waals surface area (Å²) in [7, 11) is 1.50. The average molecular weight is 457 g/mol. The van der Waals surface area contributed by atoms with Gasteiger partial charge in [0, 0.05) is 13.7 Å². The van der Waals surface area contributed by atoms with E-state index in [0.29, 0.717) is 15.4 Å². The van der Waals surface area contributed by atoms with E-state index in [4.69, 9.17) is 21.1 Å². The third kappa shape index (κ3) is 6.25. The van der Waals surface area contributed by atoms with E-state index < -0.39 is 17.7 Å². The van der Waals surface area contributed by atoms with Gasteiger partial charge in [0.1, 0.15) is 12.4 Å². The SMILES string of the molecule is CCOC(=O)CN(CCOC)C(=O)c1sc(NC(=O)c2ccc(F)cc2Cl)cc1C. The molecule has 0 atom stereocenters. The normalized spacial score (nSPS) is 10.6. The summed E-state index contributed by atoms with van der Waals surface area (Å²) in [5, 5.41) is 3.07. The minimum atomic E-state index is -0.547. The number of aryl methyl sites for hydroxylation is 1. The molecule has 2 aromatic rings. The van der Waals surface area contributed by atoms with Crippen molar-refractivity contribution in [3.63, 3.8) is 0 Å². The van der Waals surface area contributed by atoms with Crippen LogP contribution in [0.1, 0.15) is 32.5 Å². The number of amides is 2. The number of thiophene rings is 1. The Morgan fingerprint density at radius 1 is 1.27 bits per heavy atom. The third-order valence-corrected chi connectivity index (χ3v) is 5.46. The van der Waals surface area contributed by atoms with E-state index in [1.807, 2.05) is 0 Å². The summed E-state index contributed by atoms with van der Waals surface area (Å²) in [5.74, 6) is -1.96. The van der Waals surface area contributed by atoms with E-state index in [9.17, 15) is 18.8 Å². The smallest absolute Gasteiger partial charge is 0.325 e. The van der Waals surface area contributed by atoms with Crippen molar-refractivity contribution in [2.45, 2.75) is 13.8 Å². The van der Waals surface area contributed by atoms with Crippen molar-refractivity contribution >= 4 is 45.7 Å². The summed E-state index contributed by atoms with van der Waals surface area (Å²) in [6, 6.07) is 5.12. The van der Waals surface area contributed by atoms with E-state index in [0.717, 1.165) is 23.5 Å². The Balaban J connectivity index is 2.18. The average Bonchev–Trinajstić information content (AvgIpc) is 3.04. The Labute approximate surface area is 182 Å². The molecule has 1 aromatic heterocycles. The quantitative estimate of drug-likeness (QED) is 0.581. The summed E-state index contributed by atoms with van der Waals surface area (Å²) in [4.78, 5) is 39.0. The Morgan fingerprint density at radius 2 is 2.00 bits per heavy atom. The van der Waals surface area contributed by atoms with Gasteiger partial charge in [-0.2, -0.15) is 0 Å². The highest BCUT2D eigenvalue weighted by atomic mass is 35.5. The fourth-order valence-corrected chi connectivity index (χ4v) is 3.86. The number of benzene rings is 1. The fraction of sp³-hybridized carbons (Fsp3) is 0.350. The number of rotatable bonds is 9. The van der Waals surface area contributed by atoms with Gasteiger partial charge in [-0.25, -0.2) is 4.39 Å². The number of hydrogen-bond donors (Lipinski definition) is 1. The molecule has 0 aliphatic heterocycles. The predicted octanol–water partition coefficient (Wildman–Crippen LogP) is 3.75. The molecule has 7 nitrogen and oxygen atoms in total. The molecule has 0 bridgehead atoms. The number of nitrogens with zero attached hydrogens (tertiary/aromatic N) is 1. The molecule has 0 aliphatic carbocycles. The van der Waals surface area contributed by atoms with Crippen LogP contribution in [0, 0.1) is 12.7 Å². The Hall–Kier alpha value is -2.49. The molecule has 162 valence electrons. The lowest BCUT2D eigenvalue weighted by atomic mass is 10.2. The van der Waals surface area contributed by atoms with Gasteiger partial charge in [0.15, 0.2) is 0 Å². The zero-order valence-corrected chi connectivity index (χ0v) is 18.4. The molecule has 30 heavy (non-hydrogen) atoms. The van der Waals surface area contributed by atoms with Crippen LogP contribution in [0.3, 0.4) is 0 Å². The second-order valence-corrected chi connectivity index (χ2v) is 7.69. The van der Waals surface area contributed by atoms with Crippen LogP contribution in [-0.4, -0.2) is 56.1 Å². The number of carbonyl (C=O) groups excluding carboxylic acids is 3. The maximum Gasteiger partial charge on any atom is 0.325 e. The topological polar surface area (TPSA) is 84.9 Å². The molecule has 1 heterocycles. The fourth-order valence-electron chi connectivity index (χ4n) is 2.57. The molecule has 0 saturated carbocycles. The molecule has 0 radical (unpaired) electrons. The minimum Gasteiger partial charge on any atom is -0.465 e. The molecular formula is C20H22ClFN2O5S. The number of hydrogen-bond acceptors (Lipinski definition) is 6. The van der Waals surface area contributed by atoms with Crippen LogP contribution in [0.4, 0.5) is 9.39 Å². The number of halogens is 2.